The maximum Gasteiger partial charge on any atom is 0.335 e. The van der Waals surface area contributed by atoms with Crippen molar-refractivity contribution < 1.29 is 9.84 Å². The highest BCUT2D eigenvalue weighted by atomic mass is 79.9. The molecule has 0 saturated carbocycles. The Morgan fingerprint density at radius 1 is 1.29 bits per heavy atom. The molecule has 0 bridgehead atoms. The Bertz CT molecular complexity index is 811. The summed E-state index contributed by atoms with van der Waals surface area (Å²) in [7, 11) is 1.49. The first-order chi connectivity index (χ1) is 9.90. The van der Waals surface area contributed by atoms with E-state index in [1.165, 1.54) is 7.11 Å². The average Bonchev–Trinajstić information content (AvgIpc) is 2.41. The highest BCUT2D eigenvalue weighted by molar-refractivity contribution is 9.11. The van der Waals surface area contributed by atoms with Crippen LogP contribution in [-0.2, 0) is 6.42 Å². The van der Waals surface area contributed by atoms with Crippen LogP contribution in [0.15, 0.2) is 30.7 Å². The normalized spacial score (nSPS) is 10.7. The van der Waals surface area contributed by atoms with E-state index in [2.05, 4.69) is 36.8 Å². The summed E-state index contributed by atoms with van der Waals surface area (Å²) in [5, 5.41) is 10.2. The molecule has 0 fully saturated rings. The molecule has 0 aliphatic heterocycles. The van der Waals surface area contributed by atoms with Gasteiger partial charge >= 0.3 is 5.69 Å². The predicted octanol–water partition coefficient (Wildman–Crippen LogP) is 2.33. The number of hydrogen-bond acceptors (Lipinski definition) is 4. The van der Waals surface area contributed by atoms with Gasteiger partial charge in [-0.3, -0.25) is 9.78 Å². The molecule has 0 saturated heterocycles. The van der Waals surface area contributed by atoms with E-state index in [0.29, 0.717) is 26.8 Å². The molecular weight excluding hydrogens is 408 g/mol. The first-order valence-electron chi connectivity index (χ1n) is 6.01. The van der Waals surface area contributed by atoms with Crippen LogP contribution in [0.1, 0.15) is 12.5 Å². The number of aromatic nitrogens is 2. The molecule has 0 aliphatic carbocycles. The lowest BCUT2D eigenvalue weighted by atomic mass is 10.2. The molecule has 0 spiro atoms. The fraction of sp³-hybridized carbons (Fsp3) is 0.231. The molecule has 1 heterocycles. The van der Waals surface area contributed by atoms with Crippen LogP contribution in [0.4, 0.5) is 0 Å². The van der Waals surface area contributed by atoms with Gasteiger partial charge in [0.1, 0.15) is 5.75 Å². The molecule has 21 heavy (non-hydrogen) atoms. The van der Waals surface area contributed by atoms with Crippen molar-refractivity contribution in [1.29, 1.82) is 0 Å². The predicted molar refractivity (Wildman–Crippen MR) is 85.7 cm³/mol. The maximum atomic E-state index is 12.0. The summed E-state index contributed by atoms with van der Waals surface area (Å²) < 4.78 is 7.46. The lowest BCUT2D eigenvalue weighted by Gasteiger charge is -2.14. The van der Waals surface area contributed by atoms with Gasteiger partial charge in [0.2, 0.25) is 5.88 Å². The standard InChI is InChI=1S/C13H12Br2N2O4/c1-3-6-11(18)16-13(20)17(12(6)19)9-5-10(21-2)8(15)4-7(9)14/h4-5,19H,3H2,1-2H3,(H,16,18,20). The number of nitrogens with zero attached hydrogens (tertiary/aromatic N) is 1. The molecule has 0 aliphatic rings. The second kappa shape index (κ2) is 6.07. The molecule has 1 aromatic carbocycles. The fourth-order valence-corrected chi connectivity index (χ4v) is 3.28. The number of H-pyrrole nitrogens is 1. The Kier molecular flexibility index (Phi) is 4.58. The molecule has 2 N–H and O–H groups in total. The number of nitrogens with one attached hydrogen (secondary N) is 1. The minimum Gasteiger partial charge on any atom is -0.495 e. The van der Waals surface area contributed by atoms with Crippen molar-refractivity contribution in [3.05, 3.63) is 47.5 Å². The summed E-state index contributed by atoms with van der Waals surface area (Å²) in [6.45, 7) is 1.72. The number of halogens is 2. The molecule has 8 heteroatoms. The van der Waals surface area contributed by atoms with Gasteiger partial charge in [-0.2, -0.15) is 0 Å². The van der Waals surface area contributed by atoms with Gasteiger partial charge in [-0.25, -0.2) is 9.36 Å². The van der Waals surface area contributed by atoms with Gasteiger partial charge in [-0.15, -0.1) is 0 Å². The molecule has 2 rings (SSSR count). The van der Waals surface area contributed by atoms with Crippen molar-refractivity contribution in [2.45, 2.75) is 13.3 Å². The van der Waals surface area contributed by atoms with E-state index in [-0.39, 0.29) is 11.4 Å². The third-order valence-corrected chi connectivity index (χ3v) is 4.25. The zero-order valence-electron chi connectivity index (χ0n) is 11.2. The Morgan fingerprint density at radius 3 is 2.52 bits per heavy atom. The molecule has 6 nitrogen and oxygen atoms in total. The summed E-state index contributed by atoms with van der Waals surface area (Å²) in [6.07, 6.45) is 0.298. The summed E-state index contributed by atoms with van der Waals surface area (Å²) >= 11 is 6.66. The molecule has 2 aromatic rings. The summed E-state index contributed by atoms with van der Waals surface area (Å²) in [5.41, 5.74) is -0.803. The van der Waals surface area contributed by atoms with E-state index in [1.54, 1.807) is 19.1 Å². The second-order valence-electron chi connectivity index (χ2n) is 4.19. The van der Waals surface area contributed by atoms with Crippen LogP contribution in [0.3, 0.4) is 0 Å². The quantitative estimate of drug-likeness (QED) is 0.799. The first-order valence-corrected chi connectivity index (χ1v) is 7.59. The van der Waals surface area contributed by atoms with Crippen molar-refractivity contribution >= 4 is 31.9 Å². The number of benzene rings is 1. The van der Waals surface area contributed by atoms with Crippen LogP contribution in [-0.4, -0.2) is 21.8 Å². The van der Waals surface area contributed by atoms with Crippen LogP contribution in [0.25, 0.3) is 5.69 Å². The summed E-state index contributed by atoms with van der Waals surface area (Å²) in [6, 6.07) is 3.27. The zero-order chi connectivity index (χ0) is 15.7. The van der Waals surface area contributed by atoms with Crippen molar-refractivity contribution in [3.8, 4) is 17.3 Å². The van der Waals surface area contributed by atoms with Crippen LogP contribution in [0, 0.1) is 0 Å². The minimum absolute atomic E-state index is 0.142. The van der Waals surface area contributed by atoms with E-state index in [0.717, 1.165) is 4.57 Å². The van der Waals surface area contributed by atoms with Crippen LogP contribution in [0.2, 0.25) is 0 Å². The number of aromatic amines is 1. The Labute approximate surface area is 136 Å². The Balaban J connectivity index is 2.85. The van der Waals surface area contributed by atoms with Crippen molar-refractivity contribution in [1.82, 2.24) is 9.55 Å². The van der Waals surface area contributed by atoms with Gasteiger partial charge < -0.3 is 9.84 Å². The Morgan fingerprint density at radius 2 is 1.95 bits per heavy atom. The third-order valence-electron chi connectivity index (χ3n) is 3.00. The smallest absolute Gasteiger partial charge is 0.335 e. The van der Waals surface area contributed by atoms with Gasteiger partial charge in [0.05, 0.1) is 22.8 Å². The monoisotopic (exact) mass is 418 g/mol. The highest BCUT2D eigenvalue weighted by Crippen LogP contribution is 2.34. The molecule has 0 unspecified atom stereocenters. The number of aromatic hydroxyl groups is 1. The maximum absolute atomic E-state index is 12.0. The van der Waals surface area contributed by atoms with Crippen LogP contribution in [0.5, 0.6) is 11.6 Å². The third kappa shape index (κ3) is 2.77. The lowest BCUT2D eigenvalue weighted by Crippen LogP contribution is -2.31. The first kappa shape index (κ1) is 15.8. The van der Waals surface area contributed by atoms with Gasteiger partial charge in [0, 0.05) is 10.5 Å². The molecular formula is C13H12Br2N2O4. The molecule has 0 atom stereocenters. The largest absolute Gasteiger partial charge is 0.495 e. The Hall–Kier alpha value is -1.54. The molecule has 112 valence electrons. The van der Waals surface area contributed by atoms with Crippen molar-refractivity contribution in [2.75, 3.05) is 7.11 Å². The average molecular weight is 420 g/mol. The van der Waals surface area contributed by atoms with E-state index < -0.39 is 11.2 Å². The van der Waals surface area contributed by atoms with Crippen molar-refractivity contribution in [2.24, 2.45) is 0 Å². The second-order valence-corrected chi connectivity index (χ2v) is 5.90. The van der Waals surface area contributed by atoms with Crippen LogP contribution < -0.4 is 16.0 Å². The number of ether oxygens (including phenoxy) is 1. The highest BCUT2D eigenvalue weighted by Gasteiger charge is 2.17. The van der Waals surface area contributed by atoms with E-state index in [4.69, 9.17) is 4.74 Å². The SMILES string of the molecule is CCc1c(O)n(-c2cc(OC)c(Br)cc2Br)c(=O)[nH]c1=O. The fourth-order valence-electron chi connectivity index (χ4n) is 1.95. The topological polar surface area (TPSA) is 84.3 Å². The zero-order valence-corrected chi connectivity index (χ0v) is 14.4. The van der Waals surface area contributed by atoms with E-state index in [9.17, 15) is 14.7 Å². The van der Waals surface area contributed by atoms with E-state index in [1.807, 2.05) is 0 Å². The van der Waals surface area contributed by atoms with Crippen LogP contribution >= 0.6 is 31.9 Å². The van der Waals surface area contributed by atoms with E-state index >= 15 is 0 Å². The number of hydrogen-bond donors (Lipinski definition) is 2. The minimum atomic E-state index is -0.722. The van der Waals surface area contributed by atoms with Crippen molar-refractivity contribution in [3.63, 3.8) is 0 Å². The lowest BCUT2D eigenvalue weighted by molar-refractivity contribution is 0.409. The van der Waals surface area contributed by atoms with Gasteiger partial charge in [0.25, 0.3) is 5.56 Å². The van der Waals surface area contributed by atoms with Gasteiger partial charge in [-0.1, -0.05) is 6.92 Å². The summed E-state index contributed by atoms with van der Waals surface area (Å²) in [5.74, 6) is 0.111. The molecule has 0 radical (unpaired) electrons. The number of methoxy groups -OCH3 is 1. The molecule has 1 aromatic heterocycles. The number of rotatable bonds is 3. The van der Waals surface area contributed by atoms with Gasteiger partial charge in [0.15, 0.2) is 0 Å². The van der Waals surface area contributed by atoms with Gasteiger partial charge in [-0.05, 0) is 44.3 Å². The summed E-state index contributed by atoms with van der Waals surface area (Å²) in [4.78, 5) is 25.9. The molecule has 0 amide bonds.